The van der Waals surface area contributed by atoms with Crippen LogP contribution < -0.4 is 4.90 Å². The van der Waals surface area contributed by atoms with Crippen molar-refractivity contribution in [2.45, 2.75) is 89.9 Å². The lowest BCUT2D eigenvalue weighted by Gasteiger charge is -2.73. The van der Waals surface area contributed by atoms with Crippen molar-refractivity contribution in [3.8, 4) is 22.3 Å². The predicted octanol–water partition coefficient (Wildman–Crippen LogP) is 14.3. The van der Waals surface area contributed by atoms with Crippen molar-refractivity contribution in [1.29, 1.82) is 0 Å². The molecule has 4 aliphatic rings. The van der Waals surface area contributed by atoms with Gasteiger partial charge < -0.3 is 4.90 Å². The maximum atomic E-state index is 2.54. The van der Waals surface area contributed by atoms with Crippen molar-refractivity contribution in [2.24, 2.45) is 23.2 Å². The molecule has 0 amide bonds. The van der Waals surface area contributed by atoms with E-state index in [0.717, 1.165) is 17.8 Å². The van der Waals surface area contributed by atoms with Gasteiger partial charge in [0.2, 0.25) is 0 Å². The summed E-state index contributed by atoms with van der Waals surface area (Å²) in [5, 5.41) is 2.87. The first-order valence-corrected chi connectivity index (χ1v) is 20.2. The van der Waals surface area contributed by atoms with E-state index in [9.17, 15) is 0 Å². The molecule has 5 atom stereocenters. The first-order valence-electron chi connectivity index (χ1n) is 20.2. The van der Waals surface area contributed by atoms with E-state index in [0.29, 0.717) is 10.8 Å². The minimum Gasteiger partial charge on any atom is -0.309 e. The van der Waals surface area contributed by atoms with Crippen molar-refractivity contribution in [3.63, 3.8) is 0 Å². The Bertz CT molecular complexity index is 2360. The highest BCUT2D eigenvalue weighted by Gasteiger charge is 2.80. The molecule has 0 N–H and O–H groups in total. The molecule has 53 heavy (non-hydrogen) atoms. The van der Waals surface area contributed by atoms with Gasteiger partial charge in [-0.05, 0) is 129 Å². The van der Waals surface area contributed by atoms with Gasteiger partial charge in [0, 0.05) is 22.2 Å². The molecule has 0 aromatic heterocycles. The third kappa shape index (κ3) is 4.75. The van der Waals surface area contributed by atoms with Gasteiger partial charge in [0.05, 0.1) is 11.4 Å². The number of hydrogen-bond acceptors (Lipinski definition) is 1. The molecule has 4 fully saturated rings. The Labute approximate surface area is 317 Å². The van der Waals surface area contributed by atoms with Gasteiger partial charge in [-0.2, -0.15) is 0 Å². The number of para-hydroxylation sites is 2. The monoisotopic (exact) mass is 691 g/mol. The second-order valence-corrected chi connectivity index (χ2v) is 19.2. The number of hydrogen-bond donors (Lipinski definition) is 0. The second-order valence-electron chi connectivity index (χ2n) is 19.2. The highest BCUT2D eigenvalue weighted by Crippen LogP contribution is 2.86. The number of anilines is 3. The molecule has 266 valence electrons. The molecule has 0 aliphatic heterocycles. The van der Waals surface area contributed by atoms with Crippen LogP contribution in [0.4, 0.5) is 17.1 Å². The predicted molar refractivity (Wildman–Crippen MR) is 225 cm³/mol. The van der Waals surface area contributed by atoms with Crippen LogP contribution in [0, 0.1) is 23.2 Å². The van der Waals surface area contributed by atoms with E-state index in [2.05, 4.69) is 180 Å². The molecule has 10 rings (SSSR count). The van der Waals surface area contributed by atoms with Crippen LogP contribution in [0.5, 0.6) is 0 Å². The first-order chi connectivity index (χ1) is 25.5. The van der Waals surface area contributed by atoms with E-state index in [4.69, 9.17) is 0 Å². The molecule has 4 aliphatic carbocycles. The van der Waals surface area contributed by atoms with Crippen LogP contribution in [0.1, 0.15) is 90.3 Å². The summed E-state index contributed by atoms with van der Waals surface area (Å²) in [6.07, 6.45) is 7.23. The molecule has 1 nitrogen and oxygen atoms in total. The highest BCUT2D eigenvalue weighted by atomic mass is 15.1. The molecule has 1 heteroatoms. The van der Waals surface area contributed by atoms with Crippen LogP contribution in [0.15, 0.2) is 133 Å². The average Bonchev–Trinajstić information content (AvgIpc) is 3.65. The average molecular weight is 692 g/mol. The van der Waals surface area contributed by atoms with E-state index >= 15 is 0 Å². The zero-order chi connectivity index (χ0) is 36.3. The van der Waals surface area contributed by atoms with Crippen molar-refractivity contribution in [2.75, 3.05) is 4.90 Å². The maximum Gasteiger partial charge on any atom is 0.0540 e. The van der Waals surface area contributed by atoms with Gasteiger partial charge in [-0.1, -0.05) is 151 Å². The van der Waals surface area contributed by atoms with Crippen LogP contribution in [-0.2, 0) is 16.2 Å². The van der Waals surface area contributed by atoms with Gasteiger partial charge >= 0.3 is 0 Å². The number of benzene rings is 6. The summed E-state index contributed by atoms with van der Waals surface area (Å²) in [5.41, 5.74) is 14.1. The van der Waals surface area contributed by atoms with Crippen molar-refractivity contribution in [3.05, 3.63) is 150 Å². The molecule has 6 aromatic carbocycles. The maximum absolute atomic E-state index is 2.54. The highest BCUT2D eigenvalue weighted by molar-refractivity contribution is 6.04. The van der Waals surface area contributed by atoms with Crippen molar-refractivity contribution < 1.29 is 0 Å². The zero-order valence-electron chi connectivity index (χ0n) is 32.4. The van der Waals surface area contributed by atoms with Crippen LogP contribution >= 0.6 is 0 Å². The molecule has 0 radical (unpaired) electrons. The summed E-state index contributed by atoms with van der Waals surface area (Å²) in [5.74, 6) is 2.83. The Morgan fingerprint density at radius 1 is 0.509 bits per heavy atom. The Morgan fingerprint density at radius 2 is 1.09 bits per heavy atom. The Kier molecular flexibility index (Phi) is 7.12. The van der Waals surface area contributed by atoms with Crippen LogP contribution in [0.3, 0.4) is 0 Å². The fourth-order valence-corrected chi connectivity index (χ4v) is 12.1. The summed E-state index contributed by atoms with van der Waals surface area (Å²) in [4.78, 5) is 2.53. The minimum absolute atomic E-state index is 0.0753. The topological polar surface area (TPSA) is 3.24 Å². The summed E-state index contributed by atoms with van der Waals surface area (Å²) in [6, 6.07) is 51.1. The van der Waals surface area contributed by atoms with E-state index in [-0.39, 0.29) is 10.8 Å². The van der Waals surface area contributed by atoms with Crippen molar-refractivity contribution in [1.82, 2.24) is 0 Å². The lowest BCUT2D eigenvalue weighted by Crippen LogP contribution is -2.68. The van der Waals surface area contributed by atoms with E-state index < -0.39 is 0 Å². The standard InChI is InChI=1S/C52H53N/c1-49(2,3)37-23-21-35(22-24-37)42-15-7-9-19-46(42)53(41-27-25-38(26-28-41)50(4,5)6)47-20-10-8-16-43(47)44-17-11-13-36-14-12-18-45(48(36)44)51-31-34-29-39-30-40(33-51)52(39,51)32-34/h7-28,34,39-40H,29-33H2,1-6H3. The third-order valence-corrected chi connectivity index (χ3v) is 14.4. The SMILES string of the molecule is CC(C)(C)c1ccc(-c2ccccc2N(c2ccc(C(C)(C)C)cc2)c2ccccc2-c2cccc3cccc(C45CC6CC7CC(C4)C75C6)c23)cc1. The quantitative estimate of drug-likeness (QED) is 0.168. The molecule has 6 aromatic rings. The first kappa shape index (κ1) is 33.0. The van der Waals surface area contributed by atoms with E-state index in [1.807, 2.05) is 0 Å². The lowest BCUT2D eigenvalue weighted by atomic mass is 9.30. The third-order valence-electron chi connectivity index (χ3n) is 14.4. The molecule has 0 heterocycles. The van der Waals surface area contributed by atoms with Gasteiger partial charge in [-0.15, -0.1) is 0 Å². The fraction of sp³-hybridized carbons (Fsp3) is 0.346. The molecular weight excluding hydrogens is 639 g/mol. The summed E-state index contributed by atoms with van der Waals surface area (Å²) >= 11 is 0. The smallest absolute Gasteiger partial charge is 0.0540 e. The fourth-order valence-electron chi connectivity index (χ4n) is 12.1. The van der Waals surface area contributed by atoms with E-state index in [1.54, 1.807) is 5.56 Å². The Morgan fingerprint density at radius 3 is 1.74 bits per heavy atom. The van der Waals surface area contributed by atoms with Gasteiger partial charge in [0.15, 0.2) is 0 Å². The number of fused-ring (bicyclic) bond motifs is 2. The summed E-state index contributed by atoms with van der Waals surface area (Å²) in [6.45, 7) is 13.8. The van der Waals surface area contributed by atoms with Gasteiger partial charge in [0.25, 0.3) is 0 Å². The molecule has 0 saturated heterocycles. The van der Waals surface area contributed by atoms with Gasteiger partial charge in [-0.25, -0.2) is 0 Å². The minimum atomic E-state index is 0.0753. The van der Waals surface area contributed by atoms with Crippen molar-refractivity contribution >= 4 is 27.8 Å². The molecule has 2 bridgehead atoms. The van der Waals surface area contributed by atoms with E-state index in [1.165, 1.54) is 93.3 Å². The van der Waals surface area contributed by atoms with Gasteiger partial charge in [-0.3, -0.25) is 0 Å². The van der Waals surface area contributed by atoms with Crippen LogP contribution in [0.2, 0.25) is 0 Å². The molecular formula is C52H53N. The normalized spacial score (nSPS) is 25.5. The lowest BCUT2D eigenvalue weighted by molar-refractivity contribution is -0.198. The number of nitrogens with zero attached hydrogens (tertiary/aromatic N) is 1. The zero-order valence-corrected chi connectivity index (χ0v) is 32.4. The number of rotatable bonds is 6. The summed E-state index contributed by atoms with van der Waals surface area (Å²) in [7, 11) is 0. The molecule has 4 saturated carbocycles. The summed E-state index contributed by atoms with van der Waals surface area (Å²) < 4.78 is 0. The molecule has 1 spiro atoms. The Hall–Kier alpha value is -4.62. The largest absolute Gasteiger partial charge is 0.309 e. The van der Waals surface area contributed by atoms with Crippen LogP contribution in [-0.4, -0.2) is 0 Å². The Balaban J connectivity index is 1.18. The molecule has 5 unspecified atom stereocenters. The van der Waals surface area contributed by atoms with Crippen LogP contribution in [0.25, 0.3) is 33.0 Å². The second kappa shape index (κ2) is 11.4. The van der Waals surface area contributed by atoms with Gasteiger partial charge in [0.1, 0.15) is 0 Å².